The molecule has 0 bridgehead atoms. The first-order chi connectivity index (χ1) is 11.1. The van der Waals surface area contributed by atoms with Crippen molar-refractivity contribution in [3.05, 3.63) is 30.1 Å². The van der Waals surface area contributed by atoms with Gasteiger partial charge >= 0.3 is 0 Å². The first-order valence-corrected chi connectivity index (χ1v) is 8.56. The molecule has 0 spiro atoms. The van der Waals surface area contributed by atoms with Crippen molar-refractivity contribution < 1.29 is 9.59 Å². The molecule has 8 heteroatoms. The van der Waals surface area contributed by atoms with Crippen molar-refractivity contribution in [2.24, 2.45) is 5.41 Å². The van der Waals surface area contributed by atoms with E-state index in [-0.39, 0.29) is 18.2 Å². The van der Waals surface area contributed by atoms with Crippen LogP contribution in [0.1, 0.15) is 31.9 Å². The van der Waals surface area contributed by atoms with E-state index in [0.29, 0.717) is 0 Å². The molecule has 2 aliphatic rings. The number of hydrogen-bond donors (Lipinski definition) is 1. The van der Waals surface area contributed by atoms with E-state index in [1.165, 1.54) is 9.80 Å². The molecule has 0 aliphatic carbocycles. The van der Waals surface area contributed by atoms with Gasteiger partial charge in [0.05, 0.1) is 17.5 Å². The van der Waals surface area contributed by atoms with Gasteiger partial charge in [-0.05, 0) is 25.5 Å². The lowest BCUT2D eigenvalue weighted by molar-refractivity contribution is -0.163. The zero-order valence-corrected chi connectivity index (χ0v) is 15.8. The van der Waals surface area contributed by atoms with Gasteiger partial charge in [-0.15, -0.1) is 12.6 Å². The van der Waals surface area contributed by atoms with Crippen LogP contribution in [-0.4, -0.2) is 43.8 Å². The fourth-order valence-electron chi connectivity index (χ4n) is 3.68. The highest BCUT2D eigenvalue weighted by Gasteiger charge is 2.68. The number of rotatable bonds is 1. The molecule has 1 aromatic rings. The van der Waals surface area contributed by atoms with Crippen LogP contribution in [0.25, 0.3) is 0 Å². The molecule has 3 unspecified atom stereocenters. The molecule has 1 aromatic heterocycles. The minimum atomic E-state index is -1.34. The van der Waals surface area contributed by atoms with Gasteiger partial charge in [0.15, 0.2) is 4.87 Å². The molecule has 24 heavy (non-hydrogen) atoms. The van der Waals surface area contributed by atoms with Gasteiger partial charge in [0, 0.05) is 25.9 Å². The topological polar surface area (TPSA) is 77.3 Å². The Balaban J connectivity index is 2.24. The second-order valence-electron chi connectivity index (χ2n) is 6.90. The summed E-state index contributed by atoms with van der Waals surface area (Å²) in [6, 6.07) is 5.30. The molecule has 0 aromatic carbocycles. The van der Waals surface area contributed by atoms with Gasteiger partial charge in [-0.2, -0.15) is 5.26 Å². The van der Waals surface area contributed by atoms with Crippen LogP contribution >= 0.6 is 21.9 Å². The number of piperazine rings is 1. The summed E-state index contributed by atoms with van der Waals surface area (Å²) in [6.07, 6.45) is 3.43. The molecule has 0 radical (unpaired) electrons. The maximum atomic E-state index is 13.2. The monoisotopic (exact) mass is 362 g/mol. The summed E-state index contributed by atoms with van der Waals surface area (Å²) in [7, 11) is 4.03. The zero-order chi connectivity index (χ0) is 17.9. The average molecular weight is 362 g/mol. The Morgan fingerprint density at radius 2 is 2.08 bits per heavy atom. The normalized spacial score (nSPS) is 38.9. The standard InChI is InChI=1S/C16H19N4O2PS/c1-14(9-17)8-16(24)13(22)19(3)15(2,23)12(21)20(16)11(14)10-5-4-6-18-7-10/h4-7,11,24H,8,23H2,1-3H3/t11?,14-,15?,16-/m1/s1. The highest BCUT2D eigenvalue weighted by molar-refractivity contribution is 7.82. The second-order valence-corrected chi connectivity index (χ2v) is 8.76. The molecule has 2 aliphatic heterocycles. The largest absolute Gasteiger partial charge is 0.325 e. The predicted molar refractivity (Wildman–Crippen MR) is 94.8 cm³/mol. The van der Waals surface area contributed by atoms with E-state index >= 15 is 0 Å². The third-order valence-electron chi connectivity index (χ3n) is 5.13. The minimum Gasteiger partial charge on any atom is -0.325 e. The van der Waals surface area contributed by atoms with Crippen LogP contribution in [0.2, 0.25) is 0 Å². The van der Waals surface area contributed by atoms with Gasteiger partial charge in [0.2, 0.25) is 0 Å². The number of thiol groups is 1. The fraction of sp³-hybridized carbons (Fsp3) is 0.500. The van der Waals surface area contributed by atoms with Crippen molar-refractivity contribution in [2.75, 3.05) is 7.05 Å². The Morgan fingerprint density at radius 1 is 1.42 bits per heavy atom. The molecular formula is C16H19N4O2PS. The number of carbonyl (C=O) groups excluding carboxylic acids is 2. The lowest BCUT2D eigenvalue weighted by atomic mass is 9.80. The number of aromatic nitrogens is 1. The number of nitrogens with zero attached hydrogens (tertiary/aromatic N) is 4. The molecular weight excluding hydrogens is 343 g/mol. The molecule has 5 atom stereocenters. The Labute approximate surface area is 148 Å². The van der Waals surface area contributed by atoms with E-state index in [0.717, 1.165) is 5.56 Å². The van der Waals surface area contributed by atoms with E-state index < -0.39 is 21.6 Å². The Hall–Kier alpha value is -1.64. The third kappa shape index (κ3) is 2.03. The lowest BCUT2D eigenvalue weighted by Crippen LogP contribution is -2.69. The predicted octanol–water partition coefficient (Wildman–Crippen LogP) is 1.57. The zero-order valence-electron chi connectivity index (χ0n) is 13.7. The van der Waals surface area contributed by atoms with Crippen LogP contribution in [-0.2, 0) is 9.59 Å². The number of amides is 2. The number of carbonyl (C=O) groups is 2. The molecule has 6 nitrogen and oxygen atoms in total. The van der Waals surface area contributed by atoms with E-state index in [9.17, 15) is 14.9 Å². The van der Waals surface area contributed by atoms with Crippen molar-refractivity contribution in [1.29, 1.82) is 5.26 Å². The third-order valence-corrected chi connectivity index (χ3v) is 6.32. The quantitative estimate of drug-likeness (QED) is 0.608. The summed E-state index contributed by atoms with van der Waals surface area (Å²) in [5, 5.41) is 8.74. The van der Waals surface area contributed by atoms with E-state index in [1.807, 2.05) is 6.07 Å². The Kier molecular flexibility index (Phi) is 3.71. The lowest BCUT2D eigenvalue weighted by Gasteiger charge is -2.51. The van der Waals surface area contributed by atoms with Gasteiger partial charge in [-0.3, -0.25) is 14.6 Å². The molecule has 0 N–H and O–H groups in total. The summed E-state index contributed by atoms with van der Waals surface area (Å²) >= 11 is 4.61. The highest BCUT2D eigenvalue weighted by Crippen LogP contribution is 2.59. The summed E-state index contributed by atoms with van der Waals surface area (Å²) in [4.78, 5) is 31.8. The molecule has 2 saturated heterocycles. The van der Waals surface area contributed by atoms with Crippen LogP contribution in [0, 0.1) is 16.7 Å². The number of fused-ring (bicyclic) bond motifs is 1. The first-order valence-electron chi connectivity index (χ1n) is 7.54. The SMILES string of the molecule is CN1C(=O)[C@]2(S)C[C@](C)(C#N)C(c3cccnc3)N2C(=O)C1(C)P. The van der Waals surface area contributed by atoms with Crippen molar-refractivity contribution in [3.8, 4) is 6.07 Å². The average Bonchev–Trinajstić information content (AvgIpc) is 2.81. The maximum absolute atomic E-state index is 13.2. The summed E-state index contributed by atoms with van der Waals surface area (Å²) in [5.41, 5.74) is -0.217. The van der Waals surface area contributed by atoms with Crippen LogP contribution in [0.4, 0.5) is 0 Å². The van der Waals surface area contributed by atoms with Crippen molar-refractivity contribution in [3.63, 3.8) is 0 Å². The van der Waals surface area contributed by atoms with Gasteiger partial charge in [-0.1, -0.05) is 15.3 Å². The van der Waals surface area contributed by atoms with Crippen molar-refractivity contribution in [2.45, 2.75) is 36.5 Å². The molecule has 3 heterocycles. The van der Waals surface area contributed by atoms with Crippen LogP contribution in [0.5, 0.6) is 0 Å². The summed E-state index contributed by atoms with van der Waals surface area (Å²) in [6.45, 7) is 3.44. The molecule has 3 rings (SSSR count). The van der Waals surface area contributed by atoms with Crippen molar-refractivity contribution in [1.82, 2.24) is 14.8 Å². The fourth-order valence-corrected chi connectivity index (χ4v) is 4.62. The van der Waals surface area contributed by atoms with Crippen LogP contribution in [0.15, 0.2) is 24.5 Å². The number of nitriles is 1. The van der Waals surface area contributed by atoms with E-state index in [4.69, 9.17) is 0 Å². The number of likely N-dealkylation sites (N-methyl/N-ethyl adjacent to an activating group) is 1. The van der Waals surface area contributed by atoms with Crippen molar-refractivity contribution >= 4 is 33.7 Å². The smallest absolute Gasteiger partial charge is 0.259 e. The van der Waals surface area contributed by atoms with Crippen LogP contribution < -0.4 is 0 Å². The Morgan fingerprint density at radius 3 is 2.62 bits per heavy atom. The Bertz CT molecular complexity index is 765. The molecule has 0 saturated carbocycles. The van der Waals surface area contributed by atoms with Gasteiger partial charge in [0.1, 0.15) is 5.28 Å². The van der Waals surface area contributed by atoms with E-state index in [1.54, 1.807) is 39.4 Å². The molecule has 2 fully saturated rings. The minimum absolute atomic E-state index is 0.162. The first kappa shape index (κ1) is 17.2. The summed E-state index contributed by atoms with van der Waals surface area (Å²) < 4.78 is 0. The molecule has 2 amide bonds. The van der Waals surface area contributed by atoms with Crippen LogP contribution in [0.3, 0.4) is 0 Å². The molecule has 126 valence electrons. The van der Waals surface area contributed by atoms with Gasteiger partial charge in [-0.25, -0.2) is 0 Å². The maximum Gasteiger partial charge on any atom is 0.259 e. The van der Waals surface area contributed by atoms with E-state index in [2.05, 4.69) is 32.9 Å². The number of pyridine rings is 1. The van der Waals surface area contributed by atoms with Gasteiger partial charge in [0.25, 0.3) is 11.8 Å². The number of hydrogen-bond acceptors (Lipinski definition) is 5. The summed E-state index contributed by atoms with van der Waals surface area (Å²) in [5.74, 6) is -0.534. The highest BCUT2D eigenvalue weighted by atomic mass is 32.1. The second kappa shape index (κ2) is 5.18. The van der Waals surface area contributed by atoms with Gasteiger partial charge < -0.3 is 9.80 Å².